The van der Waals surface area contributed by atoms with Gasteiger partial charge < -0.3 is 44.5 Å². The summed E-state index contributed by atoms with van der Waals surface area (Å²) in [5, 5.41) is 23.4. The molecule has 1 aliphatic carbocycles. The fourth-order valence-electron chi connectivity index (χ4n) is 10.2. The lowest BCUT2D eigenvalue weighted by Gasteiger charge is -2.42. The topological polar surface area (TPSA) is 201 Å². The number of esters is 1. The number of carbonyl (C=O) groups is 5. The smallest absolute Gasteiger partial charge is 0.329 e. The zero-order valence-corrected chi connectivity index (χ0v) is 40.7. The van der Waals surface area contributed by atoms with Gasteiger partial charge in [-0.3, -0.25) is 19.2 Å². The van der Waals surface area contributed by atoms with Crippen molar-refractivity contribution in [2.45, 2.75) is 180 Å². The summed E-state index contributed by atoms with van der Waals surface area (Å²) in [5.74, 6) is -7.72. The van der Waals surface area contributed by atoms with E-state index in [2.05, 4.69) is 0 Å². The molecule has 0 aromatic carbocycles. The first kappa shape index (κ1) is 54.2. The fraction of sp³-hybridized carbons (Fsp3) is 0.745. The summed E-state index contributed by atoms with van der Waals surface area (Å²) < 4.78 is 29.5. The lowest BCUT2D eigenvalue weighted by molar-refractivity contribution is -0.265. The summed E-state index contributed by atoms with van der Waals surface area (Å²) in [7, 11) is 4.61. The normalized spacial score (nSPS) is 39.1. The summed E-state index contributed by atoms with van der Waals surface area (Å²) in [5.41, 5.74) is 7.61. The second kappa shape index (κ2) is 25.1. The number of Topliss-reactive ketones (excluding diaryl/α,β-unsaturated/α-hetero) is 3. The highest BCUT2D eigenvalue weighted by Crippen LogP contribution is 2.37. The highest BCUT2D eigenvalue weighted by Gasteiger charge is 2.53. The molecule has 0 aromatic rings. The summed E-state index contributed by atoms with van der Waals surface area (Å²) in [6, 6.07) is -1.21. The molecule has 4 N–H and O–H groups in total. The molecule has 2 saturated heterocycles. The van der Waals surface area contributed by atoms with Crippen LogP contribution in [0.3, 0.4) is 0 Å². The van der Waals surface area contributed by atoms with E-state index in [1.807, 2.05) is 58.1 Å². The van der Waals surface area contributed by atoms with E-state index >= 15 is 0 Å². The Morgan fingerprint density at radius 3 is 2.28 bits per heavy atom. The van der Waals surface area contributed by atoms with Crippen LogP contribution in [0.15, 0.2) is 47.6 Å². The number of cyclic esters (lactones) is 1. The van der Waals surface area contributed by atoms with Gasteiger partial charge in [0.2, 0.25) is 5.79 Å². The zero-order valence-electron chi connectivity index (χ0n) is 40.7. The van der Waals surface area contributed by atoms with Gasteiger partial charge in [0.15, 0.2) is 5.78 Å². The molecule has 4 aliphatic rings. The molecule has 15 atom stereocenters. The molecule has 14 heteroatoms. The Labute approximate surface area is 387 Å². The Morgan fingerprint density at radius 1 is 0.877 bits per heavy atom. The quantitative estimate of drug-likeness (QED) is 0.156. The van der Waals surface area contributed by atoms with E-state index in [9.17, 15) is 34.2 Å². The summed E-state index contributed by atoms with van der Waals surface area (Å²) >= 11 is 0. The number of aliphatic hydroxyl groups is 2. The first-order valence-electron chi connectivity index (χ1n) is 24.0. The van der Waals surface area contributed by atoms with Crippen molar-refractivity contribution in [3.63, 3.8) is 0 Å². The molecule has 3 aliphatic heterocycles. The minimum atomic E-state index is -2.42. The van der Waals surface area contributed by atoms with Crippen LogP contribution in [0.25, 0.3) is 0 Å². The molecule has 3 fully saturated rings. The van der Waals surface area contributed by atoms with Gasteiger partial charge in [0.1, 0.15) is 30.1 Å². The number of allylic oxidation sites excluding steroid dienone is 6. The van der Waals surface area contributed by atoms with E-state index in [1.165, 1.54) is 12.0 Å². The monoisotopic (exact) mass is 913 g/mol. The minimum absolute atomic E-state index is 0.0249. The molecule has 2 bridgehead atoms. The Hall–Kier alpha value is -3.37. The third kappa shape index (κ3) is 14.3. The van der Waals surface area contributed by atoms with E-state index in [-0.39, 0.29) is 60.9 Å². The Morgan fingerprint density at radius 2 is 1.60 bits per heavy atom. The minimum Gasteiger partial charge on any atom is -0.460 e. The van der Waals surface area contributed by atoms with Crippen molar-refractivity contribution in [2.24, 2.45) is 41.2 Å². The van der Waals surface area contributed by atoms with E-state index in [0.717, 1.165) is 24.8 Å². The van der Waals surface area contributed by atoms with Gasteiger partial charge >= 0.3 is 5.97 Å². The van der Waals surface area contributed by atoms with Crippen molar-refractivity contribution in [2.75, 3.05) is 27.9 Å². The first-order valence-corrected chi connectivity index (χ1v) is 24.0. The first-order chi connectivity index (χ1) is 30.7. The SMILES string of the molecule is CO[C@H]1C[C@@H]2CC[C@@H](C)[C@@](O)(O2)C(=O)C(=O)N2CCCC[C@H]2C(=O)O[C@H]([C@H](C)C[C@@H]2CC[C@H](N)[C@H](OC)C2)CC(=O)[C@H](C)/C=C(\C)[C@@H](O)[C@@H](OC)C(=O)[C@H](C)C[C@H](C)/C=C/C=CC=C1C. The zero-order chi connectivity index (χ0) is 48.2. The molecule has 14 nitrogen and oxygen atoms in total. The third-order valence-corrected chi connectivity index (χ3v) is 14.6. The maximum Gasteiger partial charge on any atom is 0.329 e. The summed E-state index contributed by atoms with van der Waals surface area (Å²) in [4.78, 5) is 71.8. The molecular weight excluding hydrogens is 833 g/mol. The van der Waals surface area contributed by atoms with Gasteiger partial charge in [0.25, 0.3) is 11.7 Å². The number of amides is 1. The van der Waals surface area contributed by atoms with Crippen LogP contribution in [0.2, 0.25) is 0 Å². The Balaban J connectivity index is 1.70. The summed E-state index contributed by atoms with van der Waals surface area (Å²) in [6.07, 6.45) is 12.7. The number of ketones is 3. The number of fused-ring (bicyclic) bond motifs is 3. The highest BCUT2D eigenvalue weighted by atomic mass is 16.6. The highest BCUT2D eigenvalue weighted by molar-refractivity contribution is 6.39. The molecule has 0 radical (unpaired) electrons. The summed E-state index contributed by atoms with van der Waals surface area (Å²) in [6.45, 7) is 12.8. The van der Waals surface area contributed by atoms with Crippen LogP contribution in [0, 0.1) is 35.5 Å². The van der Waals surface area contributed by atoms with Crippen molar-refractivity contribution in [3.05, 3.63) is 47.6 Å². The molecule has 366 valence electrons. The standard InChI is InChI=1S/C51H80N2O12/c1-30-16-12-11-13-17-31(2)42(61-8)28-38-21-19-36(7)51(60,65-38)48(57)49(58)53-23-15-14-18-40(53)50(59)64-43(33(4)26-37-20-22-39(52)44(27-37)62-9)29-41(54)32(3)25-35(6)46(56)47(63-10)45(55)34(5)24-30/h11-13,16-17,25,30,32-34,36-40,42-44,46-47,56,60H,14-15,18-24,26-29,52H2,1-10H3/b13-11?,16-12+,31-17?,35-25+/t30-,32-,33-,34-,36-,37+,38+,39+,40+,42+,43+,44-,46-,47+,51-/m1/s1. The number of rotatable bonds is 6. The number of hydrogen-bond acceptors (Lipinski definition) is 13. The van der Waals surface area contributed by atoms with Crippen LogP contribution in [-0.4, -0.2) is 127 Å². The second-order valence-corrected chi connectivity index (χ2v) is 19.7. The van der Waals surface area contributed by atoms with E-state index in [0.29, 0.717) is 50.5 Å². The van der Waals surface area contributed by atoms with Crippen LogP contribution in [-0.2, 0) is 47.7 Å². The molecule has 1 saturated carbocycles. The average molecular weight is 913 g/mol. The van der Waals surface area contributed by atoms with E-state index in [4.69, 9.17) is 29.4 Å². The van der Waals surface area contributed by atoms with Crippen LogP contribution >= 0.6 is 0 Å². The molecule has 65 heavy (non-hydrogen) atoms. The third-order valence-electron chi connectivity index (χ3n) is 14.6. The van der Waals surface area contributed by atoms with E-state index < -0.39 is 77.8 Å². The Bertz CT molecular complexity index is 1760. The molecular formula is C51H80N2O12. The molecule has 0 aromatic heterocycles. The average Bonchev–Trinajstić information content (AvgIpc) is 3.28. The number of methoxy groups -OCH3 is 3. The maximum atomic E-state index is 14.4. The maximum absolute atomic E-state index is 14.4. The van der Waals surface area contributed by atoms with Gasteiger partial charge in [0, 0.05) is 64.5 Å². The van der Waals surface area contributed by atoms with Gasteiger partial charge in [0.05, 0.1) is 18.3 Å². The number of nitrogens with two attached hydrogens (primary N) is 1. The molecule has 0 spiro atoms. The second-order valence-electron chi connectivity index (χ2n) is 19.7. The number of piperidine rings is 1. The van der Waals surface area contributed by atoms with Gasteiger partial charge in [-0.15, -0.1) is 0 Å². The number of carbonyl (C=O) groups excluding carboxylic acids is 5. The van der Waals surface area contributed by atoms with Crippen molar-refractivity contribution in [1.29, 1.82) is 0 Å². The molecule has 1 amide bonds. The predicted octanol–water partition coefficient (Wildman–Crippen LogP) is 6.15. The number of nitrogens with zero attached hydrogens (tertiary/aromatic N) is 1. The van der Waals surface area contributed by atoms with Gasteiger partial charge in [-0.1, -0.05) is 71.1 Å². The predicted molar refractivity (Wildman–Crippen MR) is 247 cm³/mol. The van der Waals surface area contributed by atoms with Crippen LogP contribution in [0.1, 0.15) is 126 Å². The van der Waals surface area contributed by atoms with Crippen molar-refractivity contribution >= 4 is 29.2 Å². The lowest BCUT2D eigenvalue weighted by atomic mass is 9.78. The molecule has 3 heterocycles. The van der Waals surface area contributed by atoms with Crippen molar-refractivity contribution in [3.8, 4) is 0 Å². The number of ether oxygens (including phenoxy) is 5. The van der Waals surface area contributed by atoms with Gasteiger partial charge in [-0.25, -0.2) is 4.79 Å². The largest absolute Gasteiger partial charge is 0.460 e. The fourth-order valence-corrected chi connectivity index (χ4v) is 10.2. The molecule has 0 unspecified atom stereocenters. The number of hydrogen-bond donors (Lipinski definition) is 3. The lowest BCUT2D eigenvalue weighted by Crippen LogP contribution is -2.61. The Kier molecular flexibility index (Phi) is 21.0. The van der Waals surface area contributed by atoms with E-state index in [1.54, 1.807) is 41.1 Å². The van der Waals surface area contributed by atoms with Crippen molar-refractivity contribution < 1.29 is 57.9 Å². The van der Waals surface area contributed by atoms with Crippen LogP contribution < -0.4 is 5.73 Å². The molecule has 4 rings (SSSR count). The number of aliphatic hydroxyl groups excluding tert-OH is 1. The van der Waals surface area contributed by atoms with Crippen LogP contribution in [0.5, 0.6) is 0 Å². The van der Waals surface area contributed by atoms with Gasteiger partial charge in [-0.05, 0) is 107 Å². The van der Waals surface area contributed by atoms with Crippen LogP contribution in [0.4, 0.5) is 0 Å². The van der Waals surface area contributed by atoms with Crippen molar-refractivity contribution in [1.82, 2.24) is 4.90 Å². The van der Waals surface area contributed by atoms with Gasteiger partial charge in [-0.2, -0.15) is 0 Å².